The summed E-state index contributed by atoms with van der Waals surface area (Å²) in [4.78, 5) is 17.5. The Bertz CT molecular complexity index is 1280. The molecule has 1 saturated heterocycles. The van der Waals surface area contributed by atoms with Crippen LogP contribution in [0.25, 0.3) is 11.1 Å². The van der Waals surface area contributed by atoms with Gasteiger partial charge in [0, 0.05) is 24.7 Å². The normalized spacial score (nSPS) is 17.0. The Hall–Kier alpha value is -2.28. The van der Waals surface area contributed by atoms with Gasteiger partial charge in [0.15, 0.2) is 0 Å². The molecular formula is C24H27ClF3N3O4S2. The van der Waals surface area contributed by atoms with Crippen molar-refractivity contribution in [2.45, 2.75) is 56.3 Å². The van der Waals surface area contributed by atoms with Crippen LogP contribution in [0, 0.1) is 0 Å². The Morgan fingerprint density at radius 2 is 1.89 bits per heavy atom. The lowest BCUT2D eigenvalue weighted by Gasteiger charge is -2.28. The third-order valence-corrected chi connectivity index (χ3v) is 7.41. The highest BCUT2D eigenvalue weighted by molar-refractivity contribution is 7.94. The van der Waals surface area contributed by atoms with Gasteiger partial charge in [0.05, 0.1) is 26.7 Å². The Morgan fingerprint density at radius 1 is 1.24 bits per heavy atom. The number of carbonyl (C=O) groups is 1. The lowest BCUT2D eigenvalue weighted by atomic mass is 9.98. The number of nitrogens with one attached hydrogen (secondary N) is 1. The van der Waals surface area contributed by atoms with E-state index >= 15 is 0 Å². The molecule has 1 atom stereocenters. The van der Waals surface area contributed by atoms with Gasteiger partial charge in [-0.05, 0) is 63.4 Å². The largest absolute Gasteiger partial charge is 0.444 e. The maximum absolute atomic E-state index is 13.8. The monoisotopic (exact) mass is 577 g/mol. The summed E-state index contributed by atoms with van der Waals surface area (Å²) < 4.78 is 74.9. The molecule has 0 aromatic heterocycles. The summed E-state index contributed by atoms with van der Waals surface area (Å²) in [5.41, 5.74) is -0.859. The van der Waals surface area contributed by atoms with Crippen LogP contribution in [0.4, 0.5) is 23.7 Å². The van der Waals surface area contributed by atoms with E-state index in [1.54, 1.807) is 20.8 Å². The second-order valence-electron chi connectivity index (χ2n) is 9.44. The quantitative estimate of drug-likeness (QED) is 0.240. The number of carbonyl (C=O) groups excluding carboxylic acids is 1. The smallest absolute Gasteiger partial charge is 0.417 e. The molecule has 37 heavy (non-hydrogen) atoms. The van der Waals surface area contributed by atoms with Gasteiger partial charge in [0.1, 0.15) is 5.60 Å². The first-order valence-electron chi connectivity index (χ1n) is 11.3. The molecule has 0 bridgehead atoms. The van der Waals surface area contributed by atoms with Crippen molar-refractivity contribution in [2.24, 2.45) is 4.99 Å². The predicted molar refractivity (Wildman–Crippen MR) is 140 cm³/mol. The standard InChI is InChI=1S/C24H27ClF3N3O4S2/c1-23(2,3)35-22(32)31-10-4-5-17(31)13-30-37(33,34)18-8-6-15(7-9-18)21-19(24(26,27)28)11-16(29-14-36)12-20(21)25/h6-9,11-12,14,17,30H,4-5,10,13H2,1-3H3,(H,29,36). The number of alkyl halides is 3. The Labute approximate surface area is 224 Å². The summed E-state index contributed by atoms with van der Waals surface area (Å²) >= 11 is 9.95. The van der Waals surface area contributed by atoms with Crippen LogP contribution in [-0.4, -0.2) is 49.7 Å². The van der Waals surface area contributed by atoms with Crippen LogP contribution in [0.2, 0.25) is 5.02 Å². The Morgan fingerprint density at radius 3 is 2.46 bits per heavy atom. The lowest BCUT2D eigenvalue weighted by molar-refractivity contribution is -0.137. The van der Waals surface area contributed by atoms with Crippen LogP contribution in [0.3, 0.4) is 0 Å². The third kappa shape index (κ3) is 7.40. The Balaban J connectivity index is 1.80. The summed E-state index contributed by atoms with van der Waals surface area (Å²) in [5.74, 6) is 0. The molecule has 1 aliphatic heterocycles. The molecule has 0 spiro atoms. The van der Waals surface area contributed by atoms with Crippen molar-refractivity contribution < 1.29 is 31.1 Å². The zero-order chi connectivity index (χ0) is 27.6. The van der Waals surface area contributed by atoms with E-state index < -0.39 is 33.5 Å². The number of ether oxygens (including phenoxy) is 1. The van der Waals surface area contributed by atoms with E-state index in [-0.39, 0.29) is 39.3 Å². The van der Waals surface area contributed by atoms with Gasteiger partial charge in [-0.25, -0.2) is 17.9 Å². The van der Waals surface area contributed by atoms with Gasteiger partial charge in [-0.2, -0.15) is 13.2 Å². The van der Waals surface area contributed by atoms with Gasteiger partial charge in [0.25, 0.3) is 0 Å². The van der Waals surface area contributed by atoms with Crippen molar-refractivity contribution in [3.8, 4) is 11.1 Å². The number of nitrogens with zero attached hydrogens (tertiary/aromatic N) is 2. The number of rotatable bonds is 6. The number of hydrogen-bond donors (Lipinski definition) is 2. The van der Waals surface area contributed by atoms with Crippen LogP contribution in [0.5, 0.6) is 0 Å². The highest BCUT2D eigenvalue weighted by Crippen LogP contribution is 2.43. The second-order valence-corrected chi connectivity index (χ2v) is 11.8. The molecule has 2 aromatic carbocycles. The van der Waals surface area contributed by atoms with Crippen LogP contribution in [0.1, 0.15) is 39.2 Å². The van der Waals surface area contributed by atoms with E-state index in [0.717, 1.165) is 11.6 Å². The maximum atomic E-state index is 13.8. The van der Waals surface area contributed by atoms with E-state index in [0.29, 0.717) is 19.4 Å². The number of likely N-dealkylation sites (tertiary alicyclic amines) is 1. The fourth-order valence-corrected chi connectivity index (χ4v) is 5.48. The van der Waals surface area contributed by atoms with Crippen molar-refractivity contribution >= 4 is 51.6 Å². The van der Waals surface area contributed by atoms with Crippen LogP contribution in [0.15, 0.2) is 46.3 Å². The van der Waals surface area contributed by atoms with E-state index in [2.05, 4.69) is 22.3 Å². The number of aliphatic imine (C=N–C) groups is 1. The van der Waals surface area contributed by atoms with Crippen molar-refractivity contribution in [1.82, 2.24) is 9.62 Å². The third-order valence-electron chi connectivity index (χ3n) is 5.55. The predicted octanol–water partition coefficient (Wildman–Crippen LogP) is 6.29. The number of hydrogen-bond acceptors (Lipinski definition) is 5. The minimum Gasteiger partial charge on any atom is -0.444 e. The summed E-state index contributed by atoms with van der Waals surface area (Å²) in [6.07, 6.45) is -3.93. The van der Waals surface area contributed by atoms with Crippen molar-refractivity contribution in [1.29, 1.82) is 0 Å². The molecule has 1 amide bonds. The first-order chi connectivity index (χ1) is 17.1. The van der Waals surface area contributed by atoms with Crippen molar-refractivity contribution in [3.05, 3.63) is 47.0 Å². The first-order valence-corrected chi connectivity index (χ1v) is 13.7. The van der Waals surface area contributed by atoms with Crippen molar-refractivity contribution in [2.75, 3.05) is 13.1 Å². The van der Waals surface area contributed by atoms with E-state index in [9.17, 15) is 26.4 Å². The molecule has 0 aliphatic carbocycles. The number of sulfonamides is 1. The van der Waals surface area contributed by atoms with Gasteiger partial charge in [0.2, 0.25) is 10.0 Å². The molecule has 0 saturated carbocycles. The number of amides is 1. The molecule has 2 aromatic rings. The zero-order valence-electron chi connectivity index (χ0n) is 20.3. The Kier molecular flexibility index (Phi) is 8.88. The summed E-state index contributed by atoms with van der Waals surface area (Å²) in [6.45, 7) is 5.67. The molecule has 202 valence electrons. The molecule has 13 heteroatoms. The minimum absolute atomic E-state index is 0.0215. The highest BCUT2D eigenvalue weighted by atomic mass is 35.5. The summed E-state index contributed by atoms with van der Waals surface area (Å²) in [6, 6.07) is 6.66. The van der Waals surface area contributed by atoms with E-state index in [1.165, 1.54) is 35.2 Å². The molecule has 1 N–H and O–H groups in total. The first kappa shape index (κ1) is 29.3. The molecule has 1 unspecified atom stereocenters. The van der Waals surface area contributed by atoms with Crippen LogP contribution >= 0.6 is 24.2 Å². The summed E-state index contributed by atoms with van der Waals surface area (Å²) in [5, 5.41) is -0.194. The lowest BCUT2D eigenvalue weighted by Crippen LogP contribution is -2.45. The molecule has 0 radical (unpaired) electrons. The topological polar surface area (TPSA) is 88.1 Å². The average Bonchev–Trinajstić information content (AvgIpc) is 3.25. The molecule has 1 aliphatic rings. The van der Waals surface area contributed by atoms with Crippen molar-refractivity contribution in [3.63, 3.8) is 0 Å². The van der Waals surface area contributed by atoms with Gasteiger partial charge < -0.3 is 9.64 Å². The number of halogens is 4. The fourth-order valence-electron chi connectivity index (χ4n) is 3.95. The average molecular weight is 578 g/mol. The van der Waals surface area contributed by atoms with Crippen LogP contribution in [-0.2, 0) is 20.9 Å². The highest BCUT2D eigenvalue weighted by Gasteiger charge is 2.36. The molecule has 1 heterocycles. The minimum atomic E-state index is -4.73. The number of thiol groups is 1. The molecule has 7 nitrogen and oxygen atoms in total. The summed E-state index contributed by atoms with van der Waals surface area (Å²) in [7, 11) is -4.01. The second kappa shape index (κ2) is 11.2. The maximum Gasteiger partial charge on any atom is 0.417 e. The fraction of sp³-hybridized carbons (Fsp3) is 0.417. The van der Waals surface area contributed by atoms with Gasteiger partial charge in [-0.1, -0.05) is 23.7 Å². The molecule has 3 rings (SSSR count). The van der Waals surface area contributed by atoms with Gasteiger partial charge in [-0.15, -0.1) is 12.6 Å². The van der Waals surface area contributed by atoms with Crippen LogP contribution < -0.4 is 4.72 Å². The molecular weight excluding hydrogens is 551 g/mol. The van der Waals surface area contributed by atoms with Gasteiger partial charge in [-0.3, -0.25) is 4.99 Å². The number of benzene rings is 2. The van der Waals surface area contributed by atoms with E-state index in [1.807, 2.05) is 0 Å². The molecule has 1 fully saturated rings. The SMILES string of the molecule is CC(C)(C)OC(=O)N1CCCC1CNS(=O)(=O)c1ccc(-c2c(Cl)cc(/N=C/S)cc2C(F)(F)F)cc1. The zero-order valence-corrected chi connectivity index (χ0v) is 22.8. The van der Waals surface area contributed by atoms with Gasteiger partial charge >= 0.3 is 12.3 Å². The van der Waals surface area contributed by atoms with E-state index in [4.69, 9.17) is 16.3 Å².